The lowest BCUT2D eigenvalue weighted by Gasteiger charge is -2.08. The Labute approximate surface area is 195 Å². The number of rotatable bonds is 6. The van der Waals surface area contributed by atoms with Gasteiger partial charge in [0.1, 0.15) is 11.4 Å². The first-order valence-electron chi connectivity index (χ1n) is 11.0. The molecule has 2 aliphatic rings. The Morgan fingerprint density at radius 2 is 1.65 bits per heavy atom. The first kappa shape index (κ1) is 21.8. The zero-order valence-corrected chi connectivity index (χ0v) is 18.8. The molecule has 0 spiro atoms. The summed E-state index contributed by atoms with van der Waals surface area (Å²) in [5, 5.41) is 13.0. The molecule has 0 saturated heterocycles. The molecule has 0 N–H and O–H groups in total. The maximum absolute atomic E-state index is 14.1. The Balaban J connectivity index is 1.33. The average molecular weight is 457 g/mol. The smallest absolute Gasteiger partial charge is 0.169 e. The second-order valence-corrected chi connectivity index (χ2v) is 8.60. The monoisotopic (exact) mass is 456 g/mol. The van der Waals surface area contributed by atoms with Gasteiger partial charge in [0.2, 0.25) is 0 Å². The van der Waals surface area contributed by atoms with Crippen LogP contribution in [0.1, 0.15) is 25.1 Å². The lowest BCUT2D eigenvalue weighted by Crippen LogP contribution is -2.07. The summed E-state index contributed by atoms with van der Waals surface area (Å²) >= 11 is 0. The number of benzene rings is 2. The molecule has 0 bridgehead atoms. The molecule has 0 atom stereocenters. The standard InChI is InChI=1S/C26H22F2N6/c1-16(2)12-17-6-8-18(9-7-17)22-11-10-19(32-33-22)14-34-15-24-23(13-29-34)30-26(31-24)20-4-3-5-21(27)25(20)28/h3-11,13,15-16H,12,14H2,1-2H3. The van der Waals surface area contributed by atoms with E-state index in [9.17, 15) is 8.78 Å². The van der Waals surface area contributed by atoms with Crippen LogP contribution in [0.3, 0.4) is 0 Å². The fourth-order valence-electron chi connectivity index (χ4n) is 3.79. The molecule has 34 heavy (non-hydrogen) atoms. The number of imidazole rings is 1. The van der Waals surface area contributed by atoms with Crippen LogP contribution in [0.2, 0.25) is 0 Å². The minimum absolute atomic E-state index is 0.0152. The highest BCUT2D eigenvalue weighted by molar-refractivity contribution is 5.65. The lowest BCUT2D eigenvalue weighted by atomic mass is 10.0. The van der Waals surface area contributed by atoms with Crippen molar-refractivity contribution in [1.82, 2.24) is 29.9 Å². The molecule has 0 fully saturated rings. The van der Waals surface area contributed by atoms with Crippen molar-refractivity contribution in [2.24, 2.45) is 5.92 Å². The molecule has 0 aliphatic carbocycles. The Hall–Kier alpha value is -4.07. The molecule has 6 nitrogen and oxygen atoms in total. The summed E-state index contributed by atoms with van der Waals surface area (Å²) in [6.07, 6.45) is 4.29. The third-order valence-electron chi connectivity index (χ3n) is 5.44. The van der Waals surface area contributed by atoms with E-state index in [1.807, 2.05) is 12.1 Å². The zero-order valence-electron chi connectivity index (χ0n) is 18.8. The van der Waals surface area contributed by atoms with Crippen molar-refractivity contribution >= 4 is 0 Å². The van der Waals surface area contributed by atoms with E-state index < -0.39 is 11.6 Å². The van der Waals surface area contributed by atoms with Crippen molar-refractivity contribution in [1.29, 1.82) is 0 Å². The van der Waals surface area contributed by atoms with Crippen LogP contribution in [0, 0.1) is 17.6 Å². The molecule has 2 aliphatic heterocycles. The topological polar surface area (TPSA) is 69.4 Å². The first-order chi connectivity index (χ1) is 16.5. The molecule has 0 saturated carbocycles. The molecule has 8 heteroatoms. The molecule has 0 radical (unpaired) electrons. The van der Waals surface area contributed by atoms with E-state index in [1.54, 1.807) is 17.1 Å². The molecule has 3 aromatic rings. The van der Waals surface area contributed by atoms with Crippen molar-refractivity contribution in [3.8, 4) is 34.0 Å². The summed E-state index contributed by atoms with van der Waals surface area (Å²) in [7, 11) is 0. The van der Waals surface area contributed by atoms with Crippen LogP contribution in [0.5, 0.6) is 0 Å². The second kappa shape index (κ2) is 9.05. The minimum Gasteiger partial charge on any atom is -0.264 e. The molecule has 0 unspecified atom stereocenters. The highest BCUT2D eigenvalue weighted by atomic mass is 19.2. The van der Waals surface area contributed by atoms with E-state index in [4.69, 9.17) is 0 Å². The summed E-state index contributed by atoms with van der Waals surface area (Å²) in [5.74, 6) is -1.17. The van der Waals surface area contributed by atoms with E-state index in [1.165, 1.54) is 17.7 Å². The van der Waals surface area contributed by atoms with E-state index in [0.717, 1.165) is 29.4 Å². The Morgan fingerprint density at radius 1 is 0.853 bits per heavy atom. The van der Waals surface area contributed by atoms with Crippen molar-refractivity contribution in [2.45, 2.75) is 26.8 Å². The molecule has 5 rings (SSSR count). The predicted molar refractivity (Wildman–Crippen MR) is 125 cm³/mol. The van der Waals surface area contributed by atoms with Gasteiger partial charge in [-0.1, -0.05) is 44.2 Å². The van der Waals surface area contributed by atoms with Gasteiger partial charge in [-0.3, -0.25) is 4.68 Å². The van der Waals surface area contributed by atoms with Gasteiger partial charge >= 0.3 is 0 Å². The highest BCUT2D eigenvalue weighted by Gasteiger charge is 2.18. The highest BCUT2D eigenvalue weighted by Crippen LogP contribution is 2.27. The fraction of sp³-hybridized carbons (Fsp3) is 0.192. The van der Waals surface area contributed by atoms with Crippen molar-refractivity contribution < 1.29 is 8.78 Å². The summed E-state index contributed by atoms with van der Waals surface area (Å²) in [5.41, 5.74) is 4.89. The number of hydrogen-bond acceptors (Lipinski definition) is 5. The van der Waals surface area contributed by atoms with Gasteiger partial charge in [-0.25, -0.2) is 18.7 Å². The maximum atomic E-state index is 14.1. The van der Waals surface area contributed by atoms with Crippen LogP contribution >= 0.6 is 0 Å². The van der Waals surface area contributed by atoms with Gasteiger partial charge in [0.05, 0.1) is 35.9 Å². The summed E-state index contributed by atoms with van der Waals surface area (Å²) in [6.45, 7) is 4.79. The summed E-state index contributed by atoms with van der Waals surface area (Å²) in [6, 6.07) is 16.2. The molecule has 1 aromatic heterocycles. The third kappa shape index (κ3) is 4.52. The maximum Gasteiger partial charge on any atom is 0.169 e. The number of halogens is 2. The van der Waals surface area contributed by atoms with Crippen LogP contribution in [0.25, 0.3) is 34.0 Å². The van der Waals surface area contributed by atoms with Crippen molar-refractivity contribution in [3.63, 3.8) is 0 Å². The molecule has 2 aromatic carbocycles. The zero-order chi connectivity index (χ0) is 23.7. The van der Waals surface area contributed by atoms with Gasteiger partial charge in [-0.2, -0.15) is 15.3 Å². The molecular formula is C26H22F2N6. The van der Waals surface area contributed by atoms with Crippen LogP contribution < -0.4 is 0 Å². The van der Waals surface area contributed by atoms with Crippen molar-refractivity contribution in [3.05, 3.63) is 89.9 Å². The van der Waals surface area contributed by atoms with Gasteiger partial charge in [0.15, 0.2) is 17.5 Å². The first-order valence-corrected chi connectivity index (χ1v) is 11.0. The fourth-order valence-corrected chi connectivity index (χ4v) is 3.79. The van der Waals surface area contributed by atoms with Crippen LogP contribution in [-0.2, 0) is 13.0 Å². The number of hydrogen-bond donors (Lipinski definition) is 0. The van der Waals surface area contributed by atoms with E-state index in [0.29, 0.717) is 23.9 Å². The van der Waals surface area contributed by atoms with Gasteiger partial charge in [-0.05, 0) is 42.2 Å². The second-order valence-electron chi connectivity index (χ2n) is 8.60. The number of aromatic nitrogens is 6. The van der Waals surface area contributed by atoms with Crippen molar-refractivity contribution in [2.75, 3.05) is 0 Å². The largest absolute Gasteiger partial charge is 0.264 e. The Kier molecular flexibility index (Phi) is 5.79. The van der Waals surface area contributed by atoms with Gasteiger partial charge in [0, 0.05) is 5.56 Å². The van der Waals surface area contributed by atoms with E-state index in [-0.39, 0.29) is 11.4 Å². The normalized spacial score (nSPS) is 11.4. The quantitative estimate of drug-likeness (QED) is 0.341. The molecular weight excluding hydrogens is 434 g/mol. The number of nitrogens with zero attached hydrogens (tertiary/aromatic N) is 6. The third-order valence-corrected chi connectivity index (χ3v) is 5.44. The molecule has 0 amide bonds. The Bertz CT molecular complexity index is 1390. The summed E-state index contributed by atoms with van der Waals surface area (Å²) in [4.78, 5) is 8.63. The van der Waals surface area contributed by atoms with Gasteiger partial charge in [0.25, 0.3) is 0 Å². The molecule has 170 valence electrons. The van der Waals surface area contributed by atoms with Crippen LogP contribution in [-0.4, -0.2) is 29.9 Å². The Morgan fingerprint density at radius 3 is 2.38 bits per heavy atom. The number of fused-ring (bicyclic) bond motifs is 1. The predicted octanol–water partition coefficient (Wildman–Crippen LogP) is 5.43. The van der Waals surface area contributed by atoms with Gasteiger partial charge < -0.3 is 0 Å². The minimum atomic E-state index is -0.969. The molecule has 3 heterocycles. The SMILES string of the molecule is CC(C)Cc1ccc(-c2ccc(Cn3cc4nc(-c5cccc(F)c5F)nc-4cn3)nn2)cc1. The van der Waals surface area contributed by atoms with Crippen LogP contribution in [0.15, 0.2) is 67.0 Å². The van der Waals surface area contributed by atoms with E-state index >= 15 is 0 Å². The van der Waals surface area contributed by atoms with Gasteiger partial charge in [-0.15, -0.1) is 0 Å². The van der Waals surface area contributed by atoms with Crippen LogP contribution in [0.4, 0.5) is 8.78 Å². The van der Waals surface area contributed by atoms with E-state index in [2.05, 4.69) is 63.4 Å². The lowest BCUT2D eigenvalue weighted by molar-refractivity contribution is 0.510. The summed E-state index contributed by atoms with van der Waals surface area (Å²) < 4.78 is 29.3. The average Bonchev–Trinajstić information content (AvgIpc) is 3.25.